The Bertz CT molecular complexity index is 1160. The lowest BCUT2D eigenvalue weighted by Crippen LogP contribution is -2.49. The van der Waals surface area contributed by atoms with E-state index >= 15 is 0 Å². The fourth-order valence-corrected chi connectivity index (χ4v) is 4.44. The lowest BCUT2D eigenvalue weighted by atomic mass is 10.1. The monoisotopic (exact) mass is 527 g/mol. The van der Waals surface area contributed by atoms with Gasteiger partial charge in [0.05, 0.1) is 11.9 Å². The molecule has 0 spiro atoms. The molecule has 0 bridgehead atoms. The molecule has 7 nitrogen and oxygen atoms in total. The van der Waals surface area contributed by atoms with Crippen LogP contribution in [0.25, 0.3) is 0 Å². The van der Waals surface area contributed by atoms with E-state index in [0.29, 0.717) is 12.0 Å². The molecule has 198 valence electrons. The summed E-state index contributed by atoms with van der Waals surface area (Å²) < 4.78 is 65.7. The maximum absolute atomic E-state index is 13.7. The summed E-state index contributed by atoms with van der Waals surface area (Å²) in [7, 11) is -3.84. The number of amides is 2. The maximum atomic E-state index is 13.7. The van der Waals surface area contributed by atoms with Crippen LogP contribution in [0.2, 0.25) is 0 Å². The van der Waals surface area contributed by atoms with Gasteiger partial charge < -0.3 is 10.2 Å². The van der Waals surface area contributed by atoms with Gasteiger partial charge in [-0.15, -0.1) is 0 Å². The molecule has 2 rings (SSSR count). The number of rotatable bonds is 12. The molecule has 0 unspecified atom stereocenters. The summed E-state index contributed by atoms with van der Waals surface area (Å²) >= 11 is 0. The Morgan fingerprint density at radius 1 is 1.00 bits per heavy atom. The third-order valence-electron chi connectivity index (χ3n) is 5.78. The van der Waals surface area contributed by atoms with Crippen LogP contribution in [-0.4, -0.2) is 50.0 Å². The largest absolute Gasteiger partial charge is 0.352 e. The van der Waals surface area contributed by atoms with E-state index in [1.807, 2.05) is 13.8 Å². The van der Waals surface area contributed by atoms with E-state index in [4.69, 9.17) is 0 Å². The third-order valence-corrected chi connectivity index (χ3v) is 6.97. The molecule has 0 radical (unpaired) electrons. The fraction of sp³-hybridized carbons (Fsp3) is 0.440. The van der Waals surface area contributed by atoms with Crippen molar-refractivity contribution in [3.05, 3.63) is 65.5 Å². The van der Waals surface area contributed by atoms with Gasteiger partial charge in [-0.25, -0.2) is 21.6 Å². The predicted octanol–water partition coefficient (Wildman–Crippen LogP) is 3.98. The van der Waals surface area contributed by atoms with Gasteiger partial charge in [0, 0.05) is 31.6 Å². The lowest BCUT2D eigenvalue weighted by Gasteiger charge is -2.30. The zero-order valence-electron chi connectivity index (χ0n) is 20.8. The first-order valence-electron chi connectivity index (χ1n) is 11.6. The summed E-state index contributed by atoms with van der Waals surface area (Å²) in [6, 6.07) is 7.37. The molecule has 0 fully saturated rings. The van der Waals surface area contributed by atoms with Gasteiger partial charge in [-0.05, 0) is 56.5 Å². The van der Waals surface area contributed by atoms with E-state index in [1.165, 1.54) is 29.2 Å². The van der Waals surface area contributed by atoms with Crippen molar-refractivity contribution in [3.8, 4) is 0 Å². The van der Waals surface area contributed by atoms with Crippen LogP contribution < -0.4 is 9.62 Å². The summed E-state index contributed by atoms with van der Waals surface area (Å²) in [5, 5.41) is 2.84. The van der Waals surface area contributed by atoms with E-state index in [0.717, 1.165) is 28.8 Å². The Labute approximate surface area is 210 Å². The molecule has 1 N–H and O–H groups in total. The molecule has 0 aliphatic heterocycles. The van der Waals surface area contributed by atoms with Crippen LogP contribution in [0, 0.1) is 17.5 Å². The number of anilines is 1. The molecular weight excluding hydrogens is 495 g/mol. The summed E-state index contributed by atoms with van der Waals surface area (Å²) in [6.07, 6.45) is 1.58. The quantitative estimate of drug-likeness (QED) is 0.452. The van der Waals surface area contributed by atoms with Crippen molar-refractivity contribution in [3.63, 3.8) is 0 Å². The zero-order valence-corrected chi connectivity index (χ0v) is 21.6. The van der Waals surface area contributed by atoms with Gasteiger partial charge in [-0.3, -0.25) is 13.9 Å². The molecule has 2 atom stereocenters. The van der Waals surface area contributed by atoms with Crippen molar-refractivity contribution in [2.45, 2.75) is 58.7 Å². The first kappa shape index (κ1) is 29.2. The van der Waals surface area contributed by atoms with Crippen molar-refractivity contribution in [2.75, 3.05) is 17.1 Å². The average molecular weight is 528 g/mol. The minimum absolute atomic E-state index is 0.0488. The molecule has 11 heteroatoms. The first-order chi connectivity index (χ1) is 16.8. The molecule has 2 aromatic rings. The zero-order chi connectivity index (χ0) is 27.0. The smallest absolute Gasteiger partial charge is 0.242 e. The van der Waals surface area contributed by atoms with Crippen molar-refractivity contribution in [1.29, 1.82) is 0 Å². The molecule has 36 heavy (non-hydrogen) atoms. The van der Waals surface area contributed by atoms with E-state index in [-0.39, 0.29) is 43.6 Å². The number of benzene rings is 2. The molecule has 2 amide bonds. The summed E-state index contributed by atoms with van der Waals surface area (Å²) in [4.78, 5) is 27.3. The predicted molar refractivity (Wildman–Crippen MR) is 132 cm³/mol. The van der Waals surface area contributed by atoms with Crippen molar-refractivity contribution >= 4 is 27.5 Å². The van der Waals surface area contributed by atoms with Crippen molar-refractivity contribution in [1.82, 2.24) is 10.2 Å². The molecule has 0 aromatic heterocycles. The number of carbonyl (C=O) groups excluding carboxylic acids is 2. The van der Waals surface area contributed by atoms with Crippen LogP contribution in [0.1, 0.15) is 45.6 Å². The molecule has 0 aliphatic carbocycles. The Kier molecular flexibility index (Phi) is 10.3. The highest BCUT2D eigenvalue weighted by molar-refractivity contribution is 7.92. The molecule has 0 saturated carbocycles. The molecule has 0 saturated heterocycles. The van der Waals surface area contributed by atoms with Crippen LogP contribution in [-0.2, 0) is 26.2 Å². The Balaban J connectivity index is 2.18. The lowest BCUT2D eigenvalue weighted by molar-refractivity contribution is -0.140. The van der Waals surface area contributed by atoms with Crippen molar-refractivity contribution in [2.24, 2.45) is 0 Å². The highest BCUT2D eigenvalue weighted by Gasteiger charge is 2.27. The van der Waals surface area contributed by atoms with E-state index in [2.05, 4.69) is 5.32 Å². The number of halogens is 3. The Morgan fingerprint density at radius 2 is 1.64 bits per heavy atom. The van der Waals surface area contributed by atoms with Gasteiger partial charge in [0.15, 0.2) is 11.6 Å². The first-order valence-corrected chi connectivity index (χ1v) is 13.4. The summed E-state index contributed by atoms with van der Waals surface area (Å²) in [6.45, 7) is 5.23. The number of nitrogens with one attached hydrogen (secondary N) is 1. The number of nitrogens with zero attached hydrogens (tertiary/aromatic N) is 2. The third kappa shape index (κ3) is 8.25. The number of sulfonamides is 1. The van der Waals surface area contributed by atoms with Gasteiger partial charge in [0.1, 0.15) is 11.9 Å². The second kappa shape index (κ2) is 12.8. The number of carbonyl (C=O) groups is 2. The minimum Gasteiger partial charge on any atom is -0.352 e. The van der Waals surface area contributed by atoms with Gasteiger partial charge in [0.2, 0.25) is 21.8 Å². The summed E-state index contributed by atoms with van der Waals surface area (Å²) in [5.41, 5.74) is 0.556. The Morgan fingerprint density at radius 3 is 2.19 bits per heavy atom. The number of hydrogen-bond donors (Lipinski definition) is 1. The fourth-order valence-electron chi connectivity index (χ4n) is 3.48. The van der Waals surface area contributed by atoms with Crippen LogP contribution in [0.4, 0.5) is 18.9 Å². The van der Waals surface area contributed by atoms with Crippen LogP contribution >= 0.6 is 0 Å². The maximum Gasteiger partial charge on any atom is 0.242 e. The highest BCUT2D eigenvalue weighted by atomic mass is 32.2. The van der Waals surface area contributed by atoms with Gasteiger partial charge in [0.25, 0.3) is 0 Å². The second-order valence-electron chi connectivity index (χ2n) is 8.68. The van der Waals surface area contributed by atoms with Gasteiger partial charge >= 0.3 is 0 Å². The summed E-state index contributed by atoms with van der Waals surface area (Å²) in [5.74, 6) is -3.49. The van der Waals surface area contributed by atoms with E-state index in [1.54, 1.807) is 6.92 Å². The minimum atomic E-state index is -3.84. The number of hydrogen-bond acceptors (Lipinski definition) is 4. The topological polar surface area (TPSA) is 86.8 Å². The second-order valence-corrected chi connectivity index (χ2v) is 10.6. The van der Waals surface area contributed by atoms with Crippen LogP contribution in [0.15, 0.2) is 42.5 Å². The van der Waals surface area contributed by atoms with Crippen molar-refractivity contribution < 1.29 is 31.2 Å². The van der Waals surface area contributed by atoms with Gasteiger partial charge in [-0.2, -0.15) is 0 Å². The molecule has 2 aromatic carbocycles. The van der Waals surface area contributed by atoms with Crippen LogP contribution in [0.3, 0.4) is 0 Å². The SMILES string of the molecule is CC[C@@H](C)NC(=O)[C@H](C)N(Cc1ccc(F)cc1)C(=O)CCCN(c1ccc(F)c(F)c1)S(C)(=O)=O. The Hall–Kier alpha value is -3.08. The van der Waals surface area contributed by atoms with E-state index in [9.17, 15) is 31.2 Å². The average Bonchev–Trinajstić information content (AvgIpc) is 2.81. The molecule has 0 heterocycles. The highest BCUT2D eigenvalue weighted by Crippen LogP contribution is 2.21. The standard InChI is InChI=1S/C25H32F3N3O4S/c1-5-17(2)29-25(33)18(3)30(16-19-8-10-20(26)11-9-19)24(32)7-6-14-31(36(4,34)35)21-12-13-22(27)23(28)15-21/h8-13,15,17-18H,5-7,14,16H2,1-4H3,(H,29,33)/t17-,18+/m1/s1. The molecular formula is C25H32F3N3O4S. The normalized spacial score (nSPS) is 13.1. The van der Waals surface area contributed by atoms with Crippen LogP contribution in [0.5, 0.6) is 0 Å². The van der Waals surface area contributed by atoms with E-state index < -0.39 is 39.4 Å². The van der Waals surface area contributed by atoms with Gasteiger partial charge in [-0.1, -0.05) is 19.1 Å². The molecule has 0 aliphatic rings.